The summed E-state index contributed by atoms with van der Waals surface area (Å²) >= 11 is 0. The maximum absolute atomic E-state index is 12.6. The van der Waals surface area contributed by atoms with E-state index in [1.165, 1.54) is 0 Å². The highest BCUT2D eigenvalue weighted by atomic mass is 16.5. The fourth-order valence-corrected chi connectivity index (χ4v) is 3.17. The number of amides is 1. The molecule has 1 heterocycles. The average molecular weight is 341 g/mol. The number of carbonyl (C=O) groups excluding carboxylic acids is 1. The van der Waals surface area contributed by atoms with Gasteiger partial charge in [0.15, 0.2) is 0 Å². The molecule has 0 spiro atoms. The monoisotopic (exact) mass is 341 g/mol. The minimum absolute atomic E-state index is 0.00207. The quantitative estimate of drug-likeness (QED) is 0.877. The molecule has 1 aliphatic rings. The lowest BCUT2D eigenvalue weighted by atomic mass is 10.0. The van der Waals surface area contributed by atoms with Gasteiger partial charge in [0.25, 0.3) is 0 Å². The Hall–Kier alpha value is -2.37. The van der Waals surface area contributed by atoms with Crippen molar-refractivity contribution in [2.45, 2.75) is 25.2 Å². The largest absolute Gasteiger partial charge is 0.497 e. The average Bonchev–Trinajstić information content (AvgIpc) is 3.04. The lowest BCUT2D eigenvalue weighted by Crippen LogP contribution is -2.34. The topological polar surface area (TPSA) is 59.0 Å². The number of rotatable bonds is 6. The van der Waals surface area contributed by atoms with Crippen LogP contribution >= 0.6 is 0 Å². The van der Waals surface area contributed by atoms with Crippen molar-refractivity contribution in [3.05, 3.63) is 65.7 Å². The van der Waals surface area contributed by atoms with Gasteiger partial charge in [0.2, 0.25) is 5.91 Å². The molecule has 132 valence electrons. The van der Waals surface area contributed by atoms with Crippen molar-refractivity contribution in [2.75, 3.05) is 20.3 Å². The Bertz CT molecular complexity index is 704. The van der Waals surface area contributed by atoms with E-state index >= 15 is 0 Å². The van der Waals surface area contributed by atoms with Crippen molar-refractivity contribution in [1.82, 2.24) is 4.90 Å². The number of aliphatic hydroxyl groups is 1. The number of benzene rings is 2. The highest BCUT2D eigenvalue weighted by molar-refractivity contribution is 5.78. The van der Waals surface area contributed by atoms with Crippen LogP contribution in [0.2, 0.25) is 0 Å². The molecule has 5 heteroatoms. The Morgan fingerprint density at radius 2 is 2.00 bits per heavy atom. The SMILES string of the molecule is COc1cccc(C2CC(O)CN2C(=O)COCc2ccccc2)c1. The first-order chi connectivity index (χ1) is 12.2. The number of hydrogen-bond acceptors (Lipinski definition) is 4. The molecule has 0 radical (unpaired) electrons. The summed E-state index contributed by atoms with van der Waals surface area (Å²) in [7, 11) is 1.61. The molecule has 1 saturated heterocycles. The van der Waals surface area contributed by atoms with E-state index in [2.05, 4.69) is 0 Å². The van der Waals surface area contributed by atoms with Crippen LogP contribution in [-0.4, -0.2) is 42.3 Å². The van der Waals surface area contributed by atoms with E-state index < -0.39 is 6.10 Å². The molecule has 2 aromatic rings. The molecule has 1 fully saturated rings. The van der Waals surface area contributed by atoms with E-state index in [4.69, 9.17) is 9.47 Å². The van der Waals surface area contributed by atoms with Crippen molar-refractivity contribution in [2.24, 2.45) is 0 Å². The van der Waals surface area contributed by atoms with Crippen LogP contribution in [0.4, 0.5) is 0 Å². The van der Waals surface area contributed by atoms with Crippen molar-refractivity contribution in [1.29, 1.82) is 0 Å². The molecule has 1 amide bonds. The third-order valence-corrected chi connectivity index (χ3v) is 4.42. The highest BCUT2D eigenvalue weighted by Gasteiger charge is 2.35. The van der Waals surface area contributed by atoms with Gasteiger partial charge >= 0.3 is 0 Å². The van der Waals surface area contributed by atoms with E-state index in [-0.39, 0.29) is 18.6 Å². The molecule has 2 aromatic carbocycles. The molecule has 0 aliphatic carbocycles. The molecule has 2 atom stereocenters. The number of methoxy groups -OCH3 is 1. The Morgan fingerprint density at radius 3 is 2.76 bits per heavy atom. The fraction of sp³-hybridized carbons (Fsp3) is 0.350. The van der Waals surface area contributed by atoms with Crippen LogP contribution < -0.4 is 4.74 Å². The lowest BCUT2D eigenvalue weighted by molar-refractivity contribution is -0.137. The van der Waals surface area contributed by atoms with Crippen molar-refractivity contribution < 1.29 is 19.4 Å². The zero-order valence-electron chi connectivity index (χ0n) is 14.3. The molecule has 0 saturated carbocycles. The Balaban J connectivity index is 1.63. The normalized spacial score (nSPS) is 19.8. The van der Waals surface area contributed by atoms with Crippen LogP contribution in [0.5, 0.6) is 5.75 Å². The second kappa shape index (κ2) is 8.14. The Labute approximate surface area is 147 Å². The van der Waals surface area contributed by atoms with Gasteiger partial charge in [-0.05, 0) is 29.7 Å². The third kappa shape index (κ3) is 4.38. The number of carbonyl (C=O) groups is 1. The van der Waals surface area contributed by atoms with Gasteiger partial charge in [-0.15, -0.1) is 0 Å². The summed E-state index contributed by atoms with van der Waals surface area (Å²) in [5.41, 5.74) is 1.99. The summed E-state index contributed by atoms with van der Waals surface area (Å²) in [4.78, 5) is 14.3. The zero-order chi connectivity index (χ0) is 17.6. The first-order valence-corrected chi connectivity index (χ1v) is 8.40. The molecular formula is C20H23NO4. The lowest BCUT2D eigenvalue weighted by Gasteiger charge is -2.25. The highest BCUT2D eigenvalue weighted by Crippen LogP contribution is 2.33. The molecule has 0 bridgehead atoms. The number of nitrogens with zero attached hydrogens (tertiary/aromatic N) is 1. The second-order valence-corrected chi connectivity index (χ2v) is 6.21. The molecular weight excluding hydrogens is 318 g/mol. The summed E-state index contributed by atoms with van der Waals surface area (Å²) in [5.74, 6) is 0.631. The van der Waals surface area contributed by atoms with Crippen LogP contribution in [-0.2, 0) is 16.1 Å². The third-order valence-electron chi connectivity index (χ3n) is 4.42. The van der Waals surface area contributed by atoms with E-state index in [0.29, 0.717) is 19.6 Å². The maximum atomic E-state index is 12.6. The minimum atomic E-state index is -0.519. The number of aliphatic hydroxyl groups excluding tert-OH is 1. The first-order valence-electron chi connectivity index (χ1n) is 8.40. The predicted molar refractivity (Wildman–Crippen MR) is 94.2 cm³/mol. The van der Waals surface area contributed by atoms with Crippen LogP contribution in [0.1, 0.15) is 23.6 Å². The molecule has 2 unspecified atom stereocenters. The van der Waals surface area contributed by atoms with Crippen LogP contribution in [0.25, 0.3) is 0 Å². The second-order valence-electron chi connectivity index (χ2n) is 6.21. The maximum Gasteiger partial charge on any atom is 0.249 e. The zero-order valence-corrected chi connectivity index (χ0v) is 14.3. The molecule has 5 nitrogen and oxygen atoms in total. The fourth-order valence-electron chi connectivity index (χ4n) is 3.17. The number of ether oxygens (including phenoxy) is 2. The summed E-state index contributed by atoms with van der Waals surface area (Å²) in [5, 5.41) is 10.0. The van der Waals surface area contributed by atoms with Gasteiger partial charge in [0, 0.05) is 6.54 Å². The summed E-state index contributed by atoms with van der Waals surface area (Å²) in [6, 6.07) is 17.2. The summed E-state index contributed by atoms with van der Waals surface area (Å²) in [6.45, 7) is 0.726. The molecule has 3 rings (SSSR count). The van der Waals surface area contributed by atoms with Crippen LogP contribution in [0.3, 0.4) is 0 Å². The summed E-state index contributed by atoms with van der Waals surface area (Å²) in [6.07, 6.45) is 0.00620. The molecule has 1 aliphatic heterocycles. The van der Waals surface area contributed by atoms with E-state index in [9.17, 15) is 9.90 Å². The standard InChI is InChI=1S/C20H23NO4/c1-24-18-9-5-8-16(10-18)19-11-17(22)12-21(19)20(23)14-25-13-15-6-3-2-4-7-15/h2-10,17,19,22H,11-14H2,1H3. The van der Waals surface area contributed by atoms with Gasteiger partial charge in [-0.1, -0.05) is 42.5 Å². The van der Waals surface area contributed by atoms with Crippen LogP contribution in [0.15, 0.2) is 54.6 Å². The van der Waals surface area contributed by atoms with Gasteiger partial charge in [-0.3, -0.25) is 4.79 Å². The van der Waals surface area contributed by atoms with Gasteiger partial charge in [0.1, 0.15) is 12.4 Å². The van der Waals surface area contributed by atoms with Gasteiger partial charge < -0.3 is 19.5 Å². The molecule has 25 heavy (non-hydrogen) atoms. The van der Waals surface area contributed by atoms with Gasteiger partial charge in [-0.25, -0.2) is 0 Å². The van der Waals surface area contributed by atoms with Gasteiger partial charge in [0.05, 0.1) is 25.9 Å². The first kappa shape index (κ1) is 17.5. The smallest absolute Gasteiger partial charge is 0.249 e. The van der Waals surface area contributed by atoms with Crippen molar-refractivity contribution >= 4 is 5.91 Å². The number of likely N-dealkylation sites (tertiary alicyclic amines) is 1. The minimum Gasteiger partial charge on any atom is -0.497 e. The molecule has 1 N–H and O–H groups in total. The number of hydrogen-bond donors (Lipinski definition) is 1. The van der Waals surface area contributed by atoms with E-state index in [1.54, 1.807) is 12.0 Å². The van der Waals surface area contributed by atoms with Crippen molar-refractivity contribution in [3.63, 3.8) is 0 Å². The molecule has 0 aromatic heterocycles. The van der Waals surface area contributed by atoms with Gasteiger partial charge in [-0.2, -0.15) is 0 Å². The van der Waals surface area contributed by atoms with E-state index in [0.717, 1.165) is 16.9 Å². The summed E-state index contributed by atoms with van der Waals surface area (Å²) < 4.78 is 10.8. The predicted octanol–water partition coefficient (Wildman–Crippen LogP) is 2.55. The number of β-amino-alcohol motifs (C(OH)–C–C–N with tert-alkyl or cyclic N) is 1. The van der Waals surface area contributed by atoms with E-state index in [1.807, 2.05) is 54.6 Å². The Morgan fingerprint density at radius 1 is 1.20 bits per heavy atom. The Kier molecular flexibility index (Phi) is 5.68. The van der Waals surface area contributed by atoms with Crippen LogP contribution in [0, 0.1) is 0 Å². The van der Waals surface area contributed by atoms with Crippen molar-refractivity contribution in [3.8, 4) is 5.75 Å².